The number of nitrogens with two attached hydrogens (primary N) is 1. The predicted molar refractivity (Wildman–Crippen MR) is 81.9 cm³/mol. The van der Waals surface area contributed by atoms with Gasteiger partial charge in [-0.25, -0.2) is 0 Å². The van der Waals surface area contributed by atoms with Crippen molar-refractivity contribution in [3.8, 4) is 0 Å². The third-order valence-electron chi connectivity index (χ3n) is 2.80. The molecule has 2 aromatic rings. The van der Waals surface area contributed by atoms with Crippen LogP contribution in [0.4, 0.5) is 11.4 Å². The summed E-state index contributed by atoms with van der Waals surface area (Å²) in [5.41, 5.74) is 7.88. The standard InChI is InChI=1S/C15H16N2O2S/c1-11-5-2-3-8-14(11)17-15(18)10-20(19)13-7-4-6-12(16)9-13/h2-9H,10,16H2,1H3,(H,17,18). The van der Waals surface area contributed by atoms with Crippen molar-refractivity contribution in [3.05, 3.63) is 54.1 Å². The number of para-hydroxylation sites is 1. The average molecular weight is 288 g/mol. The molecule has 0 fully saturated rings. The van der Waals surface area contributed by atoms with Crippen LogP contribution < -0.4 is 11.1 Å². The van der Waals surface area contributed by atoms with E-state index in [1.54, 1.807) is 24.3 Å². The second-order valence-electron chi connectivity index (χ2n) is 4.43. The first-order chi connectivity index (χ1) is 9.56. The topological polar surface area (TPSA) is 72.2 Å². The molecule has 0 spiro atoms. The molecule has 0 aliphatic carbocycles. The minimum absolute atomic E-state index is 0.0855. The maximum absolute atomic E-state index is 12.1. The van der Waals surface area contributed by atoms with Gasteiger partial charge in [0.1, 0.15) is 5.75 Å². The van der Waals surface area contributed by atoms with E-state index in [0.717, 1.165) is 11.3 Å². The van der Waals surface area contributed by atoms with Crippen molar-refractivity contribution in [1.82, 2.24) is 0 Å². The van der Waals surface area contributed by atoms with Crippen LogP contribution in [0.1, 0.15) is 5.56 Å². The lowest BCUT2D eigenvalue weighted by Crippen LogP contribution is -2.20. The monoisotopic (exact) mass is 288 g/mol. The molecule has 1 atom stereocenters. The second kappa shape index (κ2) is 6.34. The van der Waals surface area contributed by atoms with Gasteiger partial charge in [0.15, 0.2) is 0 Å². The summed E-state index contributed by atoms with van der Waals surface area (Å²) in [6, 6.07) is 14.2. The zero-order valence-electron chi connectivity index (χ0n) is 11.1. The average Bonchev–Trinajstić information content (AvgIpc) is 2.41. The van der Waals surface area contributed by atoms with Gasteiger partial charge in [0, 0.05) is 16.3 Å². The highest BCUT2D eigenvalue weighted by Crippen LogP contribution is 2.14. The van der Waals surface area contributed by atoms with Crippen LogP contribution in [0, 0.1) is 6.92 Å². The van der Waals surface area contributed by atoms with E-state index in [9.17, 15) is 9.00 Å². The summed E-state index contributed by atoms with van der Waals surface area (Å²) < 4.78 is 12.1. The van der Waals surface area contributed by atoms with Gasteiger partial charge in [0.25, 0.3) is 0 Å². The molecule has 1 unspecified atom stereocenters. The third-order valence-corrected chi connectivity index (χ3v) is 4.11. The van der Waals surface area contributed by atoms with Crippen LogP contribution in [0.25, 0.3) is 0 Å². The first kappa shape index (κ1) is 14.3. The van der Waals surface area contributed by atoms with Crippen molar-refractivity contribution in [1.29, 1.82) is 0 Å². The maximum Gasteiger partial charge on any atom is 0.237 e. The number of nitrogens with one attached hydrogen (secondary N) is 1. The molecule has 2 rings (SSSR count). The van der Waals surface area contributed by atoms with Crippen LogP contribution in [-0.4, -0.2) is 15.9 Å². The molecule has 0 heterocycles. The quantitative estimate of drug-likeness (QED) is 0.848. The van der Waals surface area contributed by atoms with Gasteiger partial charge in [-0.05, 0) is 36.8 Å². The lowest BCUT2D eigenvalue weighted by atomic mass is 10.2. The molecule has 104 valence electrons. The normalized spacial score (nSPS) is 11.8. The number of hydrogen-bond acceptors (Lipinski definition) is 3. The molecule has 0 aliphatic rings. The van der Waals surface area contributed by atoms with E-state index in [2.05, 4.69) is 5.32 Å². The number of aryl methyl sites for hydroxylation is 1. The Labute approximate surface area is 120 Å². The van der Waals surface area contributed by atoms with Crippen molar-refractivity contribution in [2.75, 3.05) is 16.8 Å². The molecule has 4 nitrogen and oxygen atoms in total. The van der Waals surface area contributed by atoms with Crippen molar-refractivity contribution in [2.24, 2.45) is 0 Å². The van der Waals surface area contributed by atoms with Crippen LogP contribution in [-0.2, 0) is 15.6 Å². The number of anilines is 2. The molecule has 1 amide bonds. The molecule has 3 N–H and O–H groups in total. The summed E-state index contributed by atoms with van der Waals surface area (Å²) in [6.07, 6.45) is 0. The Morgan fingerprint density at radius 3 is 2.65 bits per heavy atom. The van der Waals surface area contributed by atoms with Crippen molar-refractivity contribution in [3.63, 3.8) is 0 Å². The van der Waals surface area contributed by atoms with Gasteiger partial charge in [-0.2, -0.15) is 0 Å². The highest BCUT2D eigenvalue weighted by molar-refractivity contribution is 7.85. The lowest BCUT2D eigenvalue weighted by molar-refractivity contribution is -0.113. The number of nitrogen functional groups attached to an aromatic ring is 1. The molecule has 2 aromatic carbocycles. The van der Waals surface area contributed by atoms with Gasteiger partial charge in [0.2, 0.25) is 5.91 Å². The zero-order chi connectivity index (χ0) is 14.5. The van der Waals surface area contributed by atoms with Gasteiger partial charge in [-0.3, -0.25) is 9.00 Å². The fourth-order valence-corrected chi connectivity index (χ4v) is 2.73. The molecular weight excluding hydrogens is 272 g/mol. The maximum atomic E-state index is 12.1. The SMILES string of the molecule is Cc1ccccc1NC(=O)CS(=O)c1cccc(N)c1. The molecule has 5 heteroatoms. The molecule has 20 heavy (non-hydrogen) atoms. The third kappa shape index (κ3) is 3.68. The second-order valence-corrected chi connectivity index (χ2v) is 5.88. The highest BCUT2D eigenvalue weighted by atomic mass is 32.2. The Morgan fingerprint density at radius 2 is 1.95 bits per heavy atom. The van der Waals surface area contributed by atoms with E-state index >= 15 is 0 Å². The van der Waals surface area contributed by atoms with E-state index in [1.165, 1.54) is 0 Å². The van der Waals surface area contributed by atoms with Crippen LogP contribution in [0.15, 0.2) is 53.4 Å². The number of amides is 1. The fourth-order valence-electron chi connectivity index (χ4n) is 1.76. The Hall–Kier alpha value is -2.14. The molecule has 0 saturated carbocycles. The molecule has 0 aromatic heterocycles. The number of hydrogen-bond donors (Lipinski definition) is 2. The molecule has 0 saturated heterocycles. The smallest absolute Gasteiger partial charge is 0.237 e. The highest BCUT2D eigenvalue weighted by Gasteiger charge is 2.11. The van der Waals surface area contributed by atoms with E-state index < -0.39 is 10.8 Å². The minimum Gasteiger partial charge on any atom is -0.399 e. The Morgan fingerprint density at radius 1 is 1.20 bits per heavy atom. The summed E-state index contributed by atoms with van der Waals surface area (Å²) in [7, 11) is -1.40. The van der Waals surface area contributed by atoms with Gasteiger partial charge in [0.05, 0.1) is 10.8 Å². The summed E-state index contributed by atoms with van der Waals surface area (Å²) in [6.45, 7) is 1.91. The van der Waals surface area contributed by atoms with Gasteiger partial charge >= 0.3 is 0 Å². The molecular formula is C15H16N2O2S. The van der Waals surface area contributed by atoms with Gasteiger partial charge in [-0.15, -0.1) is 0 Å². The van der Waals surface area contributed by atoms with Gasteiger partial charge < -0.3 is 11.1 Å². The van der Waals surface area contributed by atoms with Crippen molar-refractivity contribution in [2.45, 2.75) is 11.8 Å². The van der Waals surface area contributed by atoms with E-state index in [0.29, 0.717) is 10.6 Å². The first-order valence-electron chi connectivity index (χ1n) is 6.15. The summed E-state index contributed by atoms with van der Waals surface area (Å²) in [4.78, 5) is 12.5. The molecule has 0 aliphatic heterocycles. The van der Waals surface area contributed by atoms with E-state index in [4.69, 9.17) is 5.73 Å². The summed E-state index contributed by atoms with van der Waals surface area (Å²) >= 11 is 0. The largest absolute Gasteiger partial charge is 0.399 e. The van der Waals surface area contributed by atoms with Crippen molar-refractivity contribution < 1.29 is 9.00 Å². The Kier molecular flexibility index (Phi) is 4.53. The predicted octanol–water partition coefficient (Wildman–Crippen LogP) is 2.32. The molecule has 0 bridgehead atoms. The summed E-state index contributed by atoms with van der Waals surface area (Å²) in [5.74, 6) is -0.363. The lowest BCUT2D eigenvalue weighted by Gasteiger charge is -2.08. The van der Waals surface area contributed by atoms with E-state index in [-0.39, 0.29) is 11.7 Å². The zero-order valence-corrected chi connectivity index (χ0v) is 11.9. The van der Waals surface area contributed by atoms with Crippen LogP contribution in [0.3, 0.4) is 0 Å². The Bertz CT molecular complexity index is 656. The first-order valence-corrected chi connectivity index (χ1v) is 7.47. The van der Waals surface area contributed by atoms with Crippen LogP contribution >= 0.6 is 0 Å². The number of carbonyl (C=O) groups excluding carboxylic acids is 1. The fraction of sp³-hybridized carbons (Fsp3) is 0.133. The number of rotatable bonds is 4. The minimum atomic E-state index is -1.40. The van der Waals surface area contributed by atoms with E-state index in [1.807, 2.05) is 31.2 Å². The Balaban J connectivity index is 2.02. The number of benzene rings is 2. The van der Waals surface area contributed by atoms with Crippen LogP contribution in [0.5, 0.6) is 0 Å². The number of carbonyl (C=O) groups is 1. The van der Waals surface area contributed by atoms with Gasteiger partial charge in [-0.1, -0.05) is 24.3 Å². The molecule has 0 radical (unpaired) electrons. The van der Waals surface area contributed by atoms with Crippen LogP contribution in [0.2, 0.25) is 0 Å². The summed E-state index contributed by atoms with van der Waals surface area (Å²) in [5, 5.41) is 2.76. The van der Waals surface area contributed by atoms with Crippen molar-refractivity contribution >= 4 is 28.1 Å².